The minimum Gasteiger partial charge on any atom is -0.479 e. The molecule has 110 valence electrons. The zero-order chi connectivity index (χ0) is 15.1. The molecule has 1 heterocycles. The molecule has 0 radical (unpaired) electrons. The van der Waals surface area contributed by atoms with E-state index in [1.54, 1.807) is 18.2 Å². The zero-order valence-corrected chi connectivity index (χ0v) is 12.1. The highest BCUT2D eigenvalue weighted by Crippen LogP contribution is 2.35. The number of rotatable bonds is 3. The molecule has 1 fully saturated rings. The van der Waals surface area contributed by atoms with Crippen LogP contribution in [0.4, 0.5) is 0 Å². The molecule has 1 atom stereocenters. The molecule has 0 aromatic heterocycles. The smallest absolute Gasteiger partial charge is 0.340 e. The van der Waals surface area contributed by atoms with Crippen LogP contribution in [0.3, 0.4) is 0 Å². The Balaban J connectivity index is 2.28. The maximum absolute atomic E-state index is 13.0. The minimum atomic E-state index is -4.04. The van der Waals surface area contributed by atoms with Crippen LogP contribution in [-0.4, -0.2) is 30.9 Å². The number of benzene rings is 2. The first-order valence-corrected chi connectivity index (χ1v) is 8.18. The van der Waals surface area contributed by atoms with Crippen LogP contribution >= 0.6 is 0 Å². The Morgan fingerprint density at radius 2 is 1.86 bits per heavy atom. The van der Waals surface area contributed by atoms with Crippen molar-refractivity contribution >= 4 is 26.6 Å². The molecule has 0 spiro atoms. The van der Waals surface area contributed by atoms with Crippen molar-refractivity contribution in [1.29, 1.82) is 0 Å². The molecule has 6 heteroatoms. The molecule has 3 rings (SSSR count). The molecule has 0 unspecified atom stereocenters. The van der Waals surface area contributed by atoms with Gasteiger partial charge in [0.2, 0.25) is 14.7 Å². The van der Waals surface area contributed by atoms with E-state index in [2.05, 4.69) is 5.32 Å². The lowest BCUT2D eigenvalue weighted by Crippen LogP contribution is -2.54. The highest BCUT2D eigenvalue weighted by molar-refractivity contribution is 7.93. The maximum Gasteiger partial charge on any atom is 0.340 e. The van der Waals surface area contributed by atoms with Gasteiger partial charge in [0.1, 0.15) is 0 Å². The van der Waals surface area contributed by atoms with Crippen molar-refractivity contribution in [3.63, 3.8) is 0 Å². The first-order valence-electron chi connectivity index (χ1n) is 6.70. The Hall–Kier alpha value is -1.92. The largest absolute Gasteiger partial charge is 0.479 e. The number of aliphatic carboxylic acids is 1. The van der Waals surface area contributed by atoms with Crippen LogP contribution in [-0.2, 0) is 14.6 Å². The average molecular weight is 305 g/mol. The van der Waals surface area contributed by atoms with E-state index in [-0.39, 0.29) is 11.3 Å². The van der Waals surface area contributed by atoms with Crippen LogP contribution < -0.4 is 5.32 Å². The third-order valence-corrected chi connectivity index (χ3v) is 6.34. The second-order valence-corrected chi connectivity index (χ2v) is 7.29. The number of nitrogens with one attached hydrogen (secondary N) is 1. The molecular formula is C15H15NO4S. The summed E-state index contributed by atoms with van der Waals surface area (Å²) in [6.07, 6.45) is 0.601. The van der Waals surface area contributed by atoms with E-state index < -0.39 is 20.7 Å². The summed E-state index contributed by atoms with van der Waals surface area (Å²) in [4.78, 5) is 9.79. The summed E-state index contributed by atoms with van der Waals surface area (Å²) >= 11 is 0. The van der Waals surface area contributed by atoms with Gasteiger partial charge in [-0.05, 0) is 30.8 Å². The first-order chi connectivity index (χ1) is 9.99. The molecule has 2 N–H and O–H groups in total. The van der Waals surface area contributed by atoms with Gasteiger partial charge in [-0.1, -0.05) is 36.4 Å². The van der Waals surface area contributed by atoms with E-state index in [4.69, 9.17) is 0 Å². The van der Waals surface area contributed by atoms with Crippen LogP contribution in [0.2, 0.25) is 0 Å². The van der Waals surface area contributed by atoms with Gasteiger partial charge in [0, 0.05) is 5.39 Å². The van der Waals surface area contributed by atoms with Gasteiger partial charge in [0.25, 0.3) is 0 Å². The highest BCUT2D eigenvalue weighted by Gasteiger charge is 2.53. The molecule has 1 aliphatic heterocycles. The third-order valence-electron chi connectivity index (χ3n) is 3.96. The molecule has 0 amide bonds. The van der Waals surface area contributed by atoms with E-state index in [0.29, 0.717) is 18.4 Å². The van der Waals surface area contributed by atoms with E-state index in [9.17, 15) is 18.3 Å². The highest BCUT2D eigenvalue weighted by atomic mass is 32.2. The molecule has 2 aromatic carbocycles. The van der Waals surface area contributed by atoms with Crippen LogP contribution in [0.5, 0.6) is 0 Å². The lowest BCUT2D eigenvalue weighted by molar-refractivity contribution is -0.140. The van der Waals surface area contributed by atoms with Crippen molar-refractivity contribution in [2.75, 3.05) is 6.54 Å². The summed E-state index contributed by atoms with van der Waals surface area (Å²) in [6.45, 7) is 0.385. The normalized spacial score (nSPS) is 22.5. The lowest BCUT2D eigenvalue weighted by Gasteiger charge is -2.25. The number of carboxylic acids is 1. The first kappa shape index (κ1) is 14.0. The topological polar surface area (TPSA) is 83.5 Å². The Morgan fingerprint density at radius 3 is 2.52 bits per heavy atom. The molecule has 2 aromatic rings. The summed E-state index contributed by atoms with van der Waals surface area (Å²) in [5, 5.41) is 13.5. The van der Waals surface area contributed by atoms with E-state index in [1.165, 1.54) is 6.07 Å². The number of hydrogen-bond acceptors (Lipinski definition) is 4. The fraction of sp³-hybridized carbons (Fsp3) is 0.267. The number of carbonyl (C=O) groups is 1. The van der Waals surface area contributed by atoms with Crippen LogP contribution in [0.15, 0.2) is 47.4 Å². The monoisotopic (exact) mass is 305 g/mol. The zero-order valence-electron chi connectivity index (χ0n) is 11.2. The van der Waals surface area contributed by atoms with Crippen molar-refractivity contribution in [2.45, 2.75) is 22.6 Å². The van der Waals surface area contributed by atoms with Gasteiger partial charge >= 0.3 is 5.97 Å². The molecule has 21 heavy (non-hydrogen) atoms. The average Bonchev–Trinajstić information content (AvgIpc) is 2.98. The fourth-order valence-electron chi connectivity index (χ4n) is 2.86. The predicted molar refractivity (Wildman–Crippen MR) is 78.7 cm³/mol. The summed E-state index contributed by atoms with van der Waals surface area (Å²) in [6, 6.07) is 12.0. The standard InChI is InChI=1S/C15H15NO4S/c17-14(18)15(9-4-10-16-15)21(19,20)13-8-3-6-11-5-1-2-7-12(11)13/h1-3,5-8,16H,4,9-10H2,(H,17,18)/t15-/m0/s1. The quantitative estimate of drug-likeness (QED) is 0.903. The Morgan fingerprint density at radius 1 is 1.14 bits per heavy atom. The predicted octanol–water partition coefficient (Wildman–Crippen LogP) is 1.78. The molecule has 1 saturated heterocycles. The second kappa shape index (κ2) is 4.82. The van der Waals surface area contributed by atoms with E-state index in [0.717, 1.165) is 5.39 Å². The van der Waals surface area contributed by atoms with Crippen molar-refractivity contribution in [2.24, 2.45) is 0 Å². The number of carboxylic acid groups (broad SMARTS) is 1. The molecule has 5 nitrogen and oxygen atoms in total. The SMILES string of the molecule is O=C(O)[C@@]1(S(=O)(=O)c2cccc3ccccc23)CCCN1. The van der Waals surface area contributed by atoms with Crippen molar-refractivity contribution in [3.05, 3.63) is 42.5 Å². The third kappa shape index (κ3) is 1.94. The van der Waals surface area contributed by atoms with Crippen molar-refractivity contribution in [1.82, 2.24) is 5.32 Å². The van der Waals surface area contributed by atoms with Crippen LogP contribution in [0.25, 0.3) is 10.8 Å². The van der Waals surface area contributed by atoms with E-state index in [1.807, 2.05) is 18.2 Å². The van der Waals surface area contributed by atoms with Gasteiger partial charge in [0.15, 0.2) is 0 Å². The summed E-state index contributed by atoms with van der Waals surface area (Å²) in [7, 11) is -4.04. The molecule has 0 aliphatic carbocycles. The molecule has 1 aliphatic rings. The molecular weight excluding hydrogens is 290 g/mol. The van der Waals surface area contributed by atoms with Gasteiger partial charge < -0.3 is 5.11 Å². The molecule has 0 saturated carbocycles. The fourth-order valence-corrected chi connectivity index (χ4v) is 4.90. The number of fused-ring (bicyclic) bond motifs is 1. The summed E-state index contributed by atoms with van der Waals surface area (Å²) in [5.74, 6) is -1.34. The van der Waals surface area contributed by atoms with Gasteiger partial charge in [0.05, 0.1) is 4.90 Å². The van der Waals surface area contributed by atoms with Gasteiger partial charge in [-0.3, -0.25) is 5.32 Å². The van der Waals surface area contributed by atoms with Crippen molar-refractivity contribution in [3.8, 4) is 0 Å². The maximum atomic E-state index is 13.0. The van der Waals surface area contributed by atoms with Crippen LogP contribution in [0.1, 0.15) is 12.8 Å². The van der Waals surface area contributed by atoms with Gasteiger partial charge in [-0.15, -0.1) is 0 Å². The second-order valence-electron chi connectivity index (χ2n) is 5.14. The number of hydrogen-bond donors (Lipinski definition) is 2. The molecule has 0 bridgehead atoms. The summed E-state index contributed by atoms with van der Waals surface area (Å²) < 4.78 is 25.9. The van der Waals surface area contributed by atoms with Crippen LogP contribution in [0, 0.1) is 0 Å². The Labute approximate surface area is 122 Å². The Kier molecular flexibility index (Phi) is 3.22. The van der Waals surface area contributed by atoms with E-state index >= 15 is 0 Å². The summed E-state index contributed by atoms with van der Waals surface area (Å²) in [5.41, 5.74) is 0. The minimum absolute atomic E-state index is 0.0670. The number of sulfone groups is 1. The lowest BCUT2D eigenvalue weighted by atomic mass is 10.1. The van der Waals surface area contributed by atoms with Gasteiger partial charge in [-0.25, -0.2) is 13.2 Å². The van der Waals surface area contributed by atoms with Crippen molar-refractivity contribution < 1.29 is 18.3 Å². The van der Waals surface area contributed by atoms with Gasteiger partial charge in [-0.2, -0.15) is 0 Å². The Bertz CT molecular complexity index is 802.